The van der Waals surface area contributed by atoms with Gasteiger partial charge in [-0.15, -0.1) is 0 Å². The molecule has 1 saturated carbocycles. The third-order valence-electron chi connectivity index (χ3n) is 4.68. The van der Waals surface area contributed by atoms with Crippen LogP contribution in [0.5, 0.6) is 5.75 Å². The lowest BCUT2D eigenvalue weighted by Crippen LogP contribution is -2.21. The molecule has 0 bridgehead atoms. The van der Waals surface area contributed by atoms with Crippen molar-refractivity contribution in [3.8, 4) is 5.75 Å². The number of nitrogens with one attached hydrogen (secondary N) is 1. The second-order valence-electron chi connectivity index (χ2n) is 7.01. The van der Waals surface area contributed by atoms with Gasteiger partial charge in [-0.1, -0.05) is 12.5 Å². The number of hydrogen-bond acceptors (Lipinski definition) is 4. The zero-order valence-corrected chi connectivity index (χ0v) is 17.5. The zero-order chi connectivity index (χ0) is 19.9. The summed E-state index contributed by atoms with van der Waals surface area (Å²) in [6.45, 7) is 1.88. The topological polar surface area (TPSA) is 64.6 Å². The number of aryl methyl sites for hydroxylation is 1. The van der Waals surface area contributed by atoms with Gasteiger partial charge in [-0.2, -0.15) is 0 Å². The first kappa shape index (κ1) is 20.4. The van der Waals surface area contributed by atoms with E-state index in [0.717, 1.165) is 35.7 Å². The number of amides is 1. The molecule has 0 aliphatic heterocycles. The summed E-state index contributed by atoms with van der Waals surface area (Å²) in [7, 11) is 0. The SMILES string of the molecule is Cc1ccc(OCC(=O)Nc2ccc(C(=O)OC3CCCCC3)cc2)c(Br)c1. The smallest absolute Gasteiger partial charge is 0.338 e. The molecule has 0 unspecified atom stereocenters. The normalized spacial score (nSPS) is 14.4. The lowest BCUT2D eigenvalue weighted by molar-refractivity contribution is -0.118. The number of carbonyl (C=O) groups is 2. The van der Waals surface area contributed by atoms with E-state index in [9.17, 15) is 9.59 Å². The Morgan fingerprint density at radius 3 is 2.46 bits per heavy atom. The van der Waals surface area contributed by atoms with Crippen molar-refractivity contribution >= 4 is 33.5 Å². The minimum atomic E-state index is -0.308. The molecule has 148 valence electrons. The molecule has 0 saturated heterocycles. The van der Waals surface area contributed by atoms with Gasteiger partial charge in [0.15, 0.2) is 6.61 Å². The number of hydrogen-bond donors (Lipinski definition) is 1. The summed E-state index contributed by atoms with van der Waals surface area (Å²) in [5.41, 5.74) is 2.19. The minimum absolute atomic E-state index is 0.0267. The van der Waals surface area contributed by atoms with Crippen molar-refractivity contribution in [2.24, 2.45) is 0 Å². The van der Waals surface area contributed by atoms with Gasteiger partial charge < -0.3 is 14.8 Å². The van der Waals surface area contributed by atoms with Crippen molar-refractivity contribution in [2.75, 3.05) is 11.9 Å². The molecular weight excluding hydrogens is 422 g/mol. The van der Waals surface area contributed by atoms with E-state index >= 15 is 0 Å². The highest BCUT2D eigenvalue weighted by Gasteiger charge is 2.18. The highest BCUT2D eigenvalue weighted by atomic mass is 79.9. The molecule has 1 aliphatic rings. The van der Waals surface area contributed by atoms with Crippen LogP contribution < -0.4 is 10.1 Å². The average molecular weight is 446 g/mol. The van der Waals surface area contributed by atoms with Crippen molar-refractivity contribution in [2.45, 2.75) is 45.1 Å². The number of anilines is 1. The van der Waals surface area contributed by atoms with Gasteiger partial charge >= 0.3 is 5.97 Å². The largest absolute Gasteiger partial charge is 0.483 e. The number of benzene rings is 2. The molecule has 6 heteroatoms. The maximum atomic E-state index is 12.2. The van der Waals surface area contributed by atoms with Crippen molar-refractivity contribution in [1.82, 2.24) is 0 Å². The fourth-order valence-electron chi connectivity index (χ4n) is 3.16. The van der Waals surface area contributed by atoms with E-state index in [1.807, 2.05) is 25.1 Å². The Kier molecular flexibility index (Phi) is 7.09. The van der Waals surface area contributed by atoms with Crippen LogP contribution in [0.3, 0.4) is 0 Å². The monoisotopic (exact) mass is 445 g/mol. The Morgan fingerprint density at radius 2 is 1.79 bits per heavy atom. The van der Waals surface area contributed by atoms with Crippen LogP contribution in [0.2, 0.25) is 0 Å². The second kappa shape index (κ2) is 9.73. The molecule has 1 aliphatic carbocycles. The van der Waals surface area contributed by atoms with Crippen LogP contribution in [0, 0.1) is 6.92 Å². The second-order valence-corrected chi connectivity index (χ2v) is 7.87. The predicted octanol–water partition coefficient (Wildman–Crippen LogP) is 5.26. The zero-order valence-electron chi connectivity index (χ0n) is 15.9. The summed E-state index contributed by atoms with van der Waals surface area (Å²) in [6, 6.07) is 12.4. The first-order valence-corrected chi connectivity index (χ1v) is 10.3. The van der Waals surface area contributed by atoms with Gasteiger partial charge in [-0.25, -0.2) is 4.79 Å². The van der Waals surface area contributed by atoms with Crippen molar-refractivity contribution in [1.29, 1.82) is 0 Å². The highest BCUT2D eigenvalue weighted by Crippen LogP contribution is 2.26. The van der Waals surface area contributed by atoms with Crippen LogP contribution in [0.15, 0.2) is 46.9 Å². The van der Waals surface area contributed by atoms with Crippen molar-refractivity contribution in [3.05, 3.63) is 58.1 Å². The minimum Gasteiger partial charge on any atom is -0.483 e. The quantitative estimate of drug-likeness (QED) is 0.615. The Labute approximate surface area is 173 Å². The lowest BCUT2D eigenvalue weighted by atomic mass is 9.98. The summed E-state index contributed by atoms with van der Waals surface area (Å²) in [4.78, 5) is 24.3. The molecule has 3 rings (SSSR count). The van der Waals surface area contributed by atoms with Crippen LogP contribution >= 0.6 is 15.9 Å². The van der Waals surface area contributed by atoms with Gasteiger partial charge in [0, 0.05) is 5.69 Å². The number of esters is 1. The van der Waals surface area contributed by atoms with E-state index < -0.39 is 0 Å². The number of rotatable bonds is 6. The molecular formula is C22H24BrNO4. The first-order chi connectivity index (χ1) is 13.5. The van der Waals surface area contributed by atoms with E-state index in [1.165, 1.54) is 6.42 Å². The summed E-state index contributed by atoms with van der Waals surface area (Å²) < 4.78 is 11.9. The van der Waals surface area contributed by atoms with Crippen LogP contribution in [0.1, 0.15) is 48.0 Å². The molecule has 28 heavy (non-hydrogen) atoms. The Bertz CT molecular complexity index is 829. The molecule has 0 atom stereocenters. The Morgan fingerprint density at radius 1 is 1.07 bits per heavy atom. The van der Waals surface area contributed by atoms with E-state index in [2.05, 4.69) is 21.2 Å². The van der Waals surface area contributed by atoms with E-state index in [1.54, 1.807) is 24.3 Å². The third-order valence-corrected chi connectivity index (χ3v) is 5.30. The summed E-state index contributed by atoms with van der Waals surface area (Å²) in [5.74, 6) is 0.0314. The summed E-state index contributed by atoms with van der Waals surface area (Å²) in [6.07, 6.45) is 5.36. The molecule has 5 nitrogen and oxygen atoms in total. The molecule has 1 fully saturated rings. The molecule has 0 heterocycles. The third kappa shape index (κ3) is 5.83. The summed E-state index contributed by atoms with van der Waals surface area (Å²) >= 11 is 3.42. The van der Waals surface area contributed by atoms with Gasteiger partial charge in [0.05, 0.1) is 10.0 Å². The molecule has 0 radical (unpaired) electrons. The standard InChI is InChI=1S/C22H24BrNO4/c1-15-7-12-20(19(23)13-15)27-14-21(25)24-17-10-8-16(9-11-17)22(26)28-18-5-3-2-4-6-18/h7-13,18H,2-6,14H2,1H3,(H,24,25). The summed E-state index contributed by atoms with van der Waals surface area (Å²) in [5, 5.41) is 2.76. The molecule has 1 amide bonds. The highest BCUT2D eigenvalue weighted by molar-refractivity contribution is 9.10. The Hall–Kier alpha value is -2.34. The number of ether oxygens (including phenoxy) is 2. The molecule has 2 aromatic carbocycles. The van der Waals surface area contributed by atoms with Crippen LogP contribution in [-0.4, -0.2) is 24.6 Å². The predicted molar refractivity (Wildman–Crippen MR) is 112 cm³/mol. The molecule has 1 N–H and O–H groups in total. The molecule has 0 aromatic heterocycles. The van der Waals surface area contributed by atoms with Crippen LogP contribution in [-0.2, 0) is 9.53 Å². The maximum Gasteiger partial charge on any atom is 0.338 e. The molecule has 2 aromatic rings. The van der Waals surface area contributed by atoms with E-state index in [-0.39, 0.29) is 24.6 Å². The van der Waals surface area contributed by atoms with Crippen LogP contribution in [0.25, 0.3) is 0 Å². The van der Waals surface area contributed by atoms with Gasteiger partial charge in [0.25, 0.3) is 5.91 Å². The van der Waals surface area contributed by atoms with Gasteiger partial charge in [0.1, 0.15) is 11.9 Å². The number of halogens is 1. The van der Waals surface area contributed by atoms with E-state index in [0.29, 0.717) is 17.0 Å². The fourth-order valence-corrected chi connectivity index (χ4v) is 3.76. The maximum absolute atomic E-state index is 12.2. The average Bonchev–Trinajstić information content (AvgIpc) is 2.68. The molecule has 0 spiro atoms. The van der Waals surface area contributed by atoms with Crippen molar-refractivity contribution < 1.29 is 19.1 Å². The number of carbonyl (C=O) groups excluding carboxylic acids is 2. The van der Waals surface area contributed by atoms with Crippen LogP contribution in [0.4, 0.5) is 5.69 Å². The van der Waals surface area contributed by atoms with Gasteiger partial charge in [-0.05, 0) is 90.5 Å². The lowest BCUT2D eigenvalue weighted by Gasteiger charge is -2.21. The fraction of sp³-hybridized carbons (Fsp3) is 0.364. The van der Waals surface area contributed by atoms with E-state index in [4.69, 9.17) is 9.47 Å². The van der Waals surface area contributed by atoms with Gasteiger partial charge in [-0.3, -0.25) is 4.79 Å². The Balaban J connectivity index is 1.49. The first-order valence-electron chi connectivity index (χ1n) is 9.51. The van der Waals surface area contributed by atoms with Crippen molar-refractivity contribution in [3.63, 3.8) is 0 Å². The van der Waals surface area contributed by atoms with Gasteiger partial charge in [0.2, 0.25) is 0 Å².